The predicted molar refractivity (Wildman–Crippen MR) is 85.3 cm³/mol. The second-order valence-corrected chi connectivity index (χ2v) is 5.54. The van der Waals surface area contributed by atoms with E-state index in [0.717, 1.165) is 32.8 Å². The Hall–Kier alpha value is -2.12. The monoisotopic (exact) mass is 321 g/mol. The number of rotatable bonds is 7. The van der Waals surface area contributed by atoms with Crippen molar-refractivity contribution >= 4 is 11.8 Å². The first-order chi connectivity index (χ1) is 11.1. The fourth-order valence-electron chi connectivity index (χ4n) is 2.45. The third-order valence-electron chi connectivity index (χ3n) is 3.51. The molecule has 2 rings (SSSR count). The molecule has 0 radical (unpaired) electrons. The Morgan fingerprint density at radius 3 is 2.74 bits per heavy atom. The number of ether oxygens (including phenoxy) is 2. The van der Waals surface area contributed by atoms with Crippen molar-refractivity contribution in [2.45, 2.75) is 13.0 Å². The lowest BCUT2D eigenvalue weighted by atomic mass is 10.1. The Bertz CT molecular complexity index is 544. The first-order valence-corrected chi connectivity index (χ1v) is 7.67. The first kappa shape index (κ1) is 17.2. The Morgan fingerprint density at radius 1 is 1.35 bits per heavy atom. The summed E-state index contributed by atoms with van der Waals surface area (Å²) in [5, 5.41) is 2.95. The smallest absolute Gasteiger partial charge is 0.255 e. The standard InChI is InChI=1S/C16H23N3O4/c1-12(10-19-6-8-22-9-7-19)18-16(21)13-4-2-3-5-14(13)23-11-15(17)20/h2-5,12H,6-11H2,1H3,(H2,17,20)(H,18,21). The van der Waals surface area contributed by atoms with E-state index in [-0.39, 0.29) is 18.6 Å². The average molecular weight is 321 g/mol. The highest BCUT2D eigenvalue weighted by atomic mass is 16.5. The van der Waals surface area contributed by atoms with Gasteiger partial charge in [-0.3, -0.25) is 14.5 Å². The van der Waals surface area contributed by atoms with E-state index in [1.165, 1.54) is 0 Å². The van der Waals surface area contributed by atoms with Gasteiger partial charge in [0.15, 0.2) is 6.61 Å². The molecule has 1 saturated heterocycles. The van der Waals surface area contributed by atoms with Gasteiger partial charge in [0.05, 0.1) is 18.8 Å². The quantitative estimate of drug-likeness (QED) is 0.737. The molecule has 1 aliphatic heterocycles. The molecule has 1 aliphatic rings. The van der Waals surface area contributed by atoms with E-state index in [1.807, 2.05) is 6.92 Å². The van der Waals surface area contributed by atoms with E-state index in [1.54, 1.807) is 24.3 Å². The summed E-state index contributed by atoms with van der Waals surface area (Å²) in [6, 6.07) is 6.78. The van der Waals surface area contributed by atoms with Crippen molar-refractivity contribution in [3.8, 4) is 5.75 Å². The van der Waals surface area contributed by atoms with Crippen molar-refractivity contribution in [3.63, 3.8) is 0 Å². The number of nitrogens with one attached hydrogen (secondary N) is 1. The molecule has 1 fully saturated rings. The molecule has 1 aromatic carbocycles. The normalized spacial score (nSPS) is 16.6. The van der Waals surface area contributed by atoms with Crippen LogP contribution in [0.4, 0.5) is 0 Å². The summed E-state index contributed by atoms with van der Waals surface area (Å²) in [6.07, 6.45) is 0. The van der Waals surface area contributed by atoms with Crippen LogP contribution >= 0.6 is 0 Å². The van der Waals surface area contributed by atoms with E-state index in [0.29, 0.717) is 11.3 Å². The minimum absolute atomic E-state index is 0.00945. The van der Waals surface area contributed by atoms with Gasteiger partial charge in [0, 0.05) is 25.7 Å². The summed E-state index contributed by atoms with van der Waals surface area (Å²) >= 11 is 0. The van der Waals surface area contributed by atoms with Crippen molar-refractivity contribution < 1.29 is 19.1 Å². The average Bonchev–Trinajstić information content (AvgIpc) is 2.54. The minimum Gasteiger partial charge on any atom is -0.483 e. The Kier molecular flexibility index (Phi) is 6.37. The molecule has 0 saturated carbocycles. The molecule has 2 amide bonds. The van der Waals surface area contributed by atoms with Crippen molar-refractivity contribution in [2.75, 3.05) is 39.5 Å². The molecule has 126 valence electrons. The van der Waals surface area contributed by atoms with Crippen molar-refractivity contribution in [2.24, 2.45) is 5.73 Å². The second kappa shape index (κ2) is 8.50. The zero-order chi connectivity index (χ0) is 16.7. The maximum Gasteiger partial charge on any atom is 0.255 e. The predicted octanol–water partition coefficient (Wildman–Crippen LogP) is 0.00120. The minimum atomic E-state index is -0.583. The molecule has 1 unspecified atom stereocenters. The number of hydrogen-bond acceptors (Lipinski definition) is 5. The number of benzene rings is 1. The summed E-state index contributed by atoms with van der Waals surface area (Å²) < 4.78 is 10.6. The van der Waals surface area contributed by atoms with Gasteiger partial charge >= 0.3 is 0 Å². The number of para-hydroxylation sites is 1. The number of nitrogens with two attached hydrogens (primary N) is 1. The summed E-state index contributed by atoms with van der Waals surface area (Å²) in [5.41, 5.74) is 5.46. The summed E-state index contributed by atoms with van der Waals surface area (Å²) in [7, 11) is 0. The van der Waals surface area contributed by atoms with Gasteiger partial charge < -0.3 is 20.5 Å². The van der Waals surface area contributed by atoms with Gasteiger partial charge in [-0.1, -0.05) is 12.1 Å². The van der Waals surface area contributed by atoms with Crippen LogP contribution < -0.4 is 15.8 Å². The third kappa shape index (κ3) is 5.54. The van der Waals surface area contributed by atoms with Crippen molar-refractivity contribution in [1.82, 2.24) is 10.2 Å². The van der Waals surface area contributed by atoms with Crippen LogP contribution in [0.25, 0.3) is 0 Å². The lowest BCUT2D eigenvalue weighted by molar-refractivity contribution is -0.119. The molecule has 7 nitrogen and oxygen atoms in total. The summed E-state index contributed by atoms with van der Waals surface area (Å²) in [4.78, 5) is 25.5. The van der Waals surface area contributed by atoms with Crippen LogP contribution in [0, 0.1) is 0 Å². The zero-order valence-electron chi connectivity index (χ0n) is 13.3. The molecule has 3 N–H and O–H groups in total. The molecular formula is C16H23N3O4. The number of hydrogen-bond donors (Lipinski definition) is 2. The lowest BCUT2D eigenvalue weighted by Gasteiger charge is -2.29. The number of primary amides is 1. The Morgan fingerprint density at radius 2 is 2.04 bits per heavy atom. The van der Waals surface area contributed by atoms with Gasteiger partial charge in [-0.05, 0) is 19.1 Å². The summed E-state index contributed by atoms with van der Waals surface area (Å²) in [6.45, 7) is 5.67. The van der Waals surface area contributed by atoms with Gasteiger partial charge in [0.1, 0.15) is 5.75 Å². The topological polar surface area (TPSA) is 93.9 Å². The number of carbonyl (C=O) groups is 2. The maximum atomic E-state index is 12.4. The van der Waals surface area contributed by atoms with Crippen molar-refractivity contribution in [3.05, 3.63) is 29.8 Å². The molecule has 0 spiro atoms. The van der Waals surface area contributed by atoms with Gasteiger partial charge in [-0.15, -0.1) is 0 Å². The van der Waals surface area contributed by atoms with E-state index >= 15 is 0 Å². The van der Waals surface area contributed by atoms with Crippen LogP contribution in [-0.4, -0.2) is 62.2 Å². The van der Waals surface area contributed by atoms with Crippen LogP contribution in [-0.2, 0) is 9.53 Å². The molecule has 0 bridgehead atoms. The Balaban J connectivity index is 1.92. The van der Waals surface area contributed by atoms with Crippen LogP contribution in [0.15, 0.2) is 24.3 Å². The highest BCUT2D eigenvalue weighted by Gasteiger charge is 2.18. The van der Waals surface area contributed by atoms with Gasteiger partial charge in [-0.25, -0.2) is 0 Å². The molecule has 1 heterocycles. The first-order valence-electron chi connectivity index (χ1n) is 7.67. The second-order valence-electron chi connectivity index (χ2n) is 5.54. The fourth-order valence-corrected chi connectivity index (χ4v) is 2.45. The van der Waals surface area contributed by atoms with Crippen LogP contribution in [0.1, 0.15) is 17.3 Å². The Labute approximate surface area is 135 Å². The molecule has 1 atom stereocenters. The lowest BCUT2D eigenvalue weighted by Crippen LogP contribution is -2.46. The molecule has 0 aromatic heterocycles. The SMILES string of the molecule is CC(CN1CCOCC1)NC(=O)c1ccccc1OCC(N)=O. The summed E-state index contributed by atoms with van der Waals surface area (Å²) in [5.74, 6) is -0.464. The van der Waals surface area contributed by atoms with E-state index in [9.17, 15) is 9.59 Å². The van der Waals surface area contributed by atoms with Gasteiger partial charge in [-0.2, -0.15) is 0 Å². The highest BCUT2D eigenvalue weighted by Crippen LogP contribution is 2.18. The maximum absolute atomic E-state index is 12.4. The zero-order valence-corrected chi connectivity index (χ0v) is 13.3. The fraction of sp³-hybridized carbons (Fsp3) is 0.500. The molecule has 0 aliphatic carbocycles. The molecule has 23 heavy (non-hydrogen) atoms. The largest absolute Gasteiger partial charge is 0.483 e. The van der Waals surface area contributed by atoms with Gasteiger partial charge in [0.25, 0.3) is 11.8 Å². The van der Waals surface area contributed by atoms with E-state index in [4.69, 9.17) is 15.2 Å². The number of amides is 2. The van der Waals surface area contributed by atoms with Gasteiger partial charge in [0.2, 0.25) is 0 Å². The molecule has 1 aromatic rings. The highest BCUT2D eigenvalue weighted by molar-refractivity contribution is 5.97. The van der Waals surface area contributed by atoms with Crippen LogP contribution in [0.2, 0.25) is 0 Å². The van der Waals surface area contributed by atoms with E-state index in [2.05, 4.69) is 10.2 Å². The number of nitrogens with zero attached hydrogens (tertiary/aromatic N) is 1. The van der Waals surface area contributed by atoms with Crippen LogP contribution in [0.3, 0.4) is 0 Å². The van der Waals surface area contributed by atoms with E-state index < -0.39 is 5.91 Å². The van der Waals surface area contributed by atoms with Crippen LogP contribution in [0.5, 0.6) is 5.75 Å². The molecule has 7 heteroatoms. The van der Waals surface area contributed by atoms with Crippen molar-refractivity contribution in [1.29, 1.82) is 0 Å². The third-order valence-corrected chi connectivity index (χ3v) is 3.51. The molecular weight excluding hydrogens is 298 g/mol. The number of morpholine rings is 1. The number of carbonyl (C=O) groups excluding carboxylic acids is 2.